The first kappa shape index (κ1) is 22.1. The molecular weight excluding hydrogens is 358 g/mol. The van der Waals surface area contributed by atoms with Gasteiger partial charge in [-0.25, -0.2) is 0 Å². The molecule has 4 rings (SSSR count). The Labute approximate surface area is 178 Å². The van der Waals surface area contributed by atoms with Gasteiger partial charge in [0.1, 0.15) is 0 Å². The van der Waals surface area contributed by atoms with E-state index in [1.54, 1.807) is 0 Å². The molecule has 0 saturated carbocycles. The molecule has 1 amide bonds. The van der Waals surface area contributed by atoms with Crippen LogP contribution in [0.15, 0.2) is 24.3 Å². The van der Waals surface area contributed by atoms with Gasteiger partial charge < -0.3 is 14.7 Å². The molecule has 3 aliphatic rings. The maximum atomic E-state index is 12.7. The van der Waals surface area contributed by atoms with E-state index < -0.39 is 0 Å². The third kappa shape index (κ3) is 4.96. The predicted molar refractivity (Wildman–Crippen MR) is 122 cm³/mol. The molecule has 0 atom stereocenters. The minimum absolute atomic E-state index is 0.375. The number of piperidine rings is 1. The number of carbonyl (C=O) groups excluding carboxylic acids is 1. The molecule has 0 radical (unpaired) electrons. The number of carbonyl (C=O) groups is 1. The Morgan fingerprint density at radius 1 is 1.03 bits per heavy atom. The van der Waals surface area contributed by atoms with Gasteiger partial charge in [-0.1, -0.05) is 32.9 Å². The summed E-state index contributed by atoms with van der Waals surface area (Å²) in [6.45, 7) is 17.2. The molecule has 1 aromatic rings. The first-order valence-electron chi connectivity index (χ1n) is 11.8. The summed E-state index contributed by atoms with van der Waals surface area (Å²) in [7, 11) is 0. The van der Waals surface area contributed by atoms with Crippen LogP contribution in [-0.4, -0.2) is 61.0 Å². The smallest absolute Gasteiger partial charge is 0.222 e. The lowest BCUT2D eigenvalue weighted by Gasteiger charge is -2.61. The maximum Gasteiger partial charge on any atom is 0.222 e. The van der Waals surface area contributed by atoms with Crippen LogP contribution in [0.4, 0.5) is 5.69 Å². The molecule has 0 unspecified atom stereocenters. The van der Waals surface area contributed by atoms with Crippen molar-refractivity contribution in [3.05, 3.63) is 29.8 Å². The van der Waals surface area contributed by atoms with Crippen molar-refractivity contribution in [2.75, 3.05) is 44.2 Å². The van der Waals surface area contributed by atoms with Crippen molar-refractivity contribution in [3.63, 3.8) is 0 Å². The first-order valence-corrected chi connectivity index (χ1v) is 11.8. The number of anilines is 1. The van der Waals surface area contributed by atoms with Gasteiger partial charge in [0.05, 0.1) is 0 Å². The minimum atomic E-state index is 0.375. The Bertz CT molecular complexity index is 647. The van der Waals surface area contributed by atoms with E-state index in [1.807, 2.05) is 13.8 Å². The minimum Gasteiger partial charge on any atom is -0.370 e. The fourth-order valence-electron chi connectivity index (χ4n) is 5.08. The third-order valence-corrected chi connectivity index (χ3v) is 7.01. The molecule has 3 aliphatic heterocycles. The highest BCUT2D eigenvalue weighted by molar-refractivity contribution is 5.78. The second-order valence-corrected chi connectivity index (χ2v) is 9.40. The summed E-state index contributed by atoms with van der Waals surface area (Å²) in [5.41, 5.74) is 3.10. The van der Waals surface area contributed by atoms with Gasteiger partial charge in [0.2, 0.25) is 5.91 Å². The number of aryl methyl sites for hydroxylation is 1. The molecule has 0 bridgehead atoms. The average Bonchev–Trinajstić information content (AvgIpc) is 2.68. The molecule has 1 aromatic carbocycles. The van der Waals surface area contributed by atoms with E-state index >= 15 is 0 Å². The van der Waals surface area contributed by atoms with Crippen LogP contribution in [0.2, 0.25) is 0 Å². The monoisotopic (exact) mass is 399 g/mol. The van der Waals surface area contributed by atoms with Crippen LogP contribution in [0, 0.1) is 11.3 Å². The van der Waals surface area contributed by atoms with E-state index in [4.69, 9.17) is 0 Å². The third-order valence-electron chi connectivity index (χ3n) is 7.01. The van der Waals surface area contributed by atoms with Gasteiger partial charge >= 0.3 is 0 Å². The molecule has 3 fully saturated rings. The highest BCUT2D eigenvalue weighted by Crippen LogP contribution is 2.42. The van der Waals surface area contributed by atoms with Crippen LogP contribution in [0.1, 0.15) is 59.4 Å². The zero-order chi connectivity index (χ0) is 21.0. The molecule has 29 heavy (non-hydrogen) atoms. The van der Waals surface area contributed by atoms with Crippen molar-refractivity contribution >= 4 is 11.6 Å². The number of amides is 1. The van der Waals surface area contributed by atoms with Gasteiger partial charge in [0.15, 0.2) is 0 Å². The molecule has 0 N–H and O–H groups in total. The lowest BCUT2D eigenvalue weighted by Crippen LogP contribution is -2.73. The van der Waals surface area contributed by atoms with Crippen molar-refractivity contribution < 1.29 is 4.79 Å². The van der Waals surface area contributed by atoms with Crippen molar-refractivity contribution in [2.45, 2.75) is 66.3 Å². The molecule has 0 aliphatic carbocycles. The quantitative estimate of drug-likeness (QED) is 0.733. The maximum absolute atomic E-state index is 12.7. The Morgan fingerprint density at radius 3 is 2.14 bits per heavy atom. The number of hydrogen-bond acceptors (Lipinski definition) is 3. The fraction of sp³-hybridized carbons (Fsp3) is 0.720. The van der Waals surface area contributed by atoms with E-state index in [0.29, 0.717) is 23.3 Å². The van der Waals surface area contributed by atoms with E-state index in [1.165, 1.54) is 24.1 Å². The van der Waals surface area contributed by atoms with E-state index in [9.17, 15) is 4.79 Å². The molecule has 0 aromatic heterocycles. The summed E-state index contributed by atoms with van der Waals surface area (Å²) in [6, 6.07) is 9.60. The number of likely N-dealkylation sites (tertiary alicyclic amines) is 2. The van der Waals surface area contributed by atoms with E-state index in [0.717, 1.165) is 52.1 Å². The van der Waals surface area contributed by atoms with Crippen molar-refractivity contribution in [2.24, 2.45) is 11.3 Å². The molecule has 4 heteroatoms. The van der Waals surface area contributed by atoms with Gasteiger partial charge in [0, 0.05) is 49.7 Å². The molecular formula is C25H41N3O. The normalized spacial score (nSPS) is 21.4. The van der Waals surface area contributed by atoms with Crippen LogP contribution < -0.4 is 4.90 Å². The molecule has 1 spiro atoms. The molecule has 3 heterocycles. The van der Waals surface area contributed by atoms with Crippen molar-refractivity contribution in [3.8, 4) is 0 Å². The topological polar surface area (TPSA) is 26.8 Å². The standard InChI is InChI=1S/C23H35N3O.C2H6/c1-4-19-5-7-21(8-6-19)25-14-23(15-25)16-26(17-23)22(27)13-20-9-11-24(12-10-20)18(2)3;1-2/h5-8,18,20H,4,9-17H2,1-3H3;1-2H3. The summed E-state index contributed by atoms with van der Waals surface area (Å²) in [5.74, 6) is 0.994. The largest absolute Gasteiger partial charge is 0.370 e. The molecule has 4 nitrogen and oxygen atoms in total. The Morgan fingerprint density at radius 2 is 1.62 bits per heavy atom. The van der Waals surface area contributed by atoms with E-state index in [2.05, 4.69) is 59.7 Å². The second-order valence-electron chi connectivity index (χ2n) is 9.40. The van der Waals surface area contributed by atoms with Crippen LogP contribution in [0.25, 0.3) is 0 Å². The highest BCUT2D eigenvalue weighted by Gasteiger charge is 2.53. The summed E-state index contributed by atoms with van der Waals surface area (Å²) < 4.78 is 0. The molecule has 162 valence electrons. The Hall–Kier alpha value is -1.55. The summed E-state index contributed by atoms with van der Waals surface area (Å²) in [5, 5.41) is 0. The van der Waals surface area contributed by atoms with E-state index in [-0.39, 0.29) is 0 Å². The Kier molecular flexibility index (Phi) is 7.26. The number of hydrogen-bond donors (Lipinski definition) is 0. The highest BCUT2D eigenvalue weighted by atomic mass is 16.2. The second kappa shape index (κ2) is 9.51. The van der Waals surface area contributed by atoms with Gasteiger partial charge in [-0.05, 0) is 69.8 Å². The van der Waals surface area contributed by atoms with Gasteiger partial charge in [-0.2, -0.15) is 0 Å². The lowest BCUT2D eigenvalue weighted by molar-refractivity contribution is -0.146. The zero-order valence-electron chi connectivity index (χ0n) is 19.3. The zero-order valence-corrected chi connectivity index (χ0v) is 19.3. The van der Waals surface area contributed by atoms with Crippen LogP contribution in [0.3, 0.4) is 0 Å². The lowest BCUT2D eigenvalue weighted by atomic mass is 9.72. The summed E-state index contributed by atoms with van der Waals surface area (Å²) in [4.78, 5) is 19.8. The predicted octanol–water partition coefficient (Wildman–Crippen LogP) is 4.43. The van der Waals surface area contributed by atoms with Crippen LogP contribution in [-0.2, 0) is 11.2 Å². The number of nitrogens with zero attached hydrogens (tertiary/aromatic N) is 3. The Balaban J connectivity index is 0.00000117. The molecule has 3 saturated heterocycles. The van der Waals surface area contributed by atoms with Crippen LogP contribution in [0.5, 0.6) is 0 Å². The summed E-state index contributed by atoms with van der Waals surface area (Å²) >= 11 is 0. The van der Waals surface area contributed by atoms with Gasteiger partial charge in [0.25, 0.3) is 0 Å². The number of benzene rings is 1. The van der Waals surface area contributed by atoms with Gasteiger partial charge in [-0.15, -0.1) is 0 Å². The SMILES string of the molecule is CC.CCc1ccc(N2CC3(CN(C(=O)CC4CCN(C(C)C)CC4)C3)C2)cc1. The van der Waals surface area contributed by atoms with Gasteiger partial charge in [-0.3, -0.25) is 4.79 Å². The fourth-order valence-corrected chi connectivity index (χ4v) is 5.08. The van der Waals surface area contributed by atoms with Crippen molar-refractivity contribution in [1.29, 1.82) is 0 Å². The average molecular weight is 400 g/mol. The van der Waals surface area contributed by atoms with Crippen molar-refractivity contribution in [1.82, 2.24) is 9.80 Å². The summed E-state index contributed by atoms with van der Waals surface area (Å²) in [6.07, 6.45) is 4.23. The first-order chi connectivity index (χ1) is 14.0. The number of rotatable bonds is 5. The van der Waals surface area contributed by atoms with Crippen LogP contribution >= 0.6 is 0 Å².